The predicted octanol–water partition coefficient (Wildman–Crippen LogP) is 2.92. The minimum absolute atomic E-state index is 0.0543. The van der Waals surface area contributed by atoms with E-state index in [2.05, 4.69) is 5.32 Å². The average molecular weight is 325 g/mol. The third-order valence-corrected chi connectivity index (χ3v) is 4.20. The molecule has 1 fully saturated rings. The topological polar surface area (TPSA) is 69.6 Å². The lowest BCUT2D eigenvalue weighted by atomic mass is 10.1. The monoisotopic (exact) mass is 324 g/mol. The van der Waals surface area contributed by atoms with E-state index in [1.807, 2.05) is 17.9 Å². The van der Waals surface area contributed by atoms with Gasteiger partial charge in [0.2, 0.25) is 5.91 Å². The van der Waals surface area contributed by atoms with Crippen molar-refractivity contribution >= 4 is 29.2 Å². The van der Waals surface area contributed by atoms with Crippen molar-refractivity contribution in [2.75, 3.05) is 18.4 Å². The molecule has 120 valence electrons. The van der Waals surface area contributed by atoms with Gasteiger partial charge in [0.25, 0.3) is 0 Å². The second kappa shape index (κ2) is 7.61. The highest BCUT2D eigenvalue weighted by molar-refractivity contribution is 6.31. The molecule has 22 heavy (non-hydrogen) atoms. The number of rotatable bonds is 5. The molecular formula is C16H21ClN2O3. The maximum Gasteiger partial charge on any atom is 0.321 e. The molecule has 6 heteroatoms. The number of halogens is 1. The fraction of sp³-hybridized carbons (Fsp3) is 0.500. The van der Waals surface area contributed by atoms with Gasteiger partial charge in [-0.3, -0.25) is 14.5 Å². The Bertz CT molecular complexity index is 556. The number of likely N-dealkylation sites (tertiary alicyclic amines) is 1. The number of hydrogen-bond donors (Lipinski definition) is 2. The Labute approximate surface area is 135 Å². The van der Waals surface area contributed by atoms with Crippen molar-refractivity contribution in [1.82, 2.24) is 4.90 Å². The molecule has 0 aliphatic carbocycles. The molecule has 0 bridgehead atoms. The zero-order valence-corrected chi connectivity index (χ0v) is 13.4. The molecule has 0 spiro atoms. The molecule has 1 aromatic carbocycles. The molecular weight excluding hydrogens is 304 g/mol. The molecule has 1 amide bonds. The number of aliphatic carboxylic acids is 1. The molecule has 0 saturated carbocycles. The van der Waals surface area contributed by atoms with Crippen LogP contribution in [-0.2, 0) is 9.59 Å². The Hall–Kier alpha value is -1.59. The van der Waals surface area contributed by atoms with Crippen LogP contribution in [0.1, 0.15) is 31.2 Å². The molecule has 0 radical (unpaired) electrons. The molecule has 1 aromatic rings. The number of piperidine rings is 1. The van der Waals surface area contributed by atoms with Gasteiger partial charge < -0.3 is 10.4 Å². The Morgan fingerprint density at radius 1 is 1.32 bits per heavy atom. The summed E-state index contributed by atoms with van der Waals surface area (Å²) in [6, 6.07) is 4.48. The van der Waals surface area contributed by atoms with Gasteiger partial charge in [0.1, 0.15) is 6.04 Å². The number of carboxylic acid groups (broad SMARTS) is 1. The van der Waals surface area contributed by atoms with Crippen molar-refractivity contribution in [3.63, 3.8) is 0 Å². The first-order chi connectivity index (χ1) is 10.5. The van der Waals surface area contributed by atoms with Gasteiger partial charge in [-0.25, -0.2) is 0 Å². The van der Waals surface area contributed by atoms with Gasteiger partial charge in [0, 0.05) is 10.7 Å². The van der Waals surface area contributed by atoms with Crippen molar-refractivity contribution < 1.29 is 14.7 Å². The van der Waals surface area contributed by atoms with Crippen LogP contribution in [0, 0.1) is 6.92 Å². The average Bonchev–Trinajstić information content (AvgIpc) is 2.49. The molecule has 0 aromatic heterocycles. The summed E-state index contributed by atoms with van der Waals surface area (Å²) in [5, 5.41) is 12.7. The smallest absolute Gasteiger partial charge is 0.321 e. The molecule has 1 atom stereocenters. The van der Waals surface area contributed by atoms with Crippen molar-refractivity contribution in [3.8, 4) is 0 Å². The number of nitrogens with zero attached hydrogens (tertiary/aromatic N) is 1. The summed E-state index contributed by atoms with van der Waals surface area (Å²) in [6.07, 6.45) is 3.04. The summed E-state index contributed by atoms with van der Waals surface area (Å²) in [5.74, 6) is -1.25. The van der Waals surface area contributed by atoms with Gasteiger partial charge in [0.15, 0.2) is 0 Å². The summed E-state index contributed by atoms with van der Waals surface area (Å²) in [7, 11) is 0. The fourth-order valence-corrected chi connectivity index (χ4v) is 2.88. The van der Waals surface area contributed by atoms with Gasteiger partial charge >= 0.3 is 5.97 Å². The molecule has 1 saturated heterocycles. The number of hydrogen-bond acceptors (Lipinski definition) is 3. The quantitative estimate of drug-likeness (QED) is 0.873. The molecule has 5 nitrogen and oxygen atoms in total. The van der Waals surface area contributed by atoms with E-state index in [-0.39, 0.29) is 12.3 Å². The van der Waals surface area contributed by atoms with Crippen molar-refractivity contribution in [3.05, 3.63) is 28.8 Å². The Morgan fingerprint density at radius 3 is 2.64 bits per heavy atom. The van der Waals surface area contributed by atoms with Crippen molar-refractivity contribution in [1.29, 1.82) is 0 Å². The predicted molar refractivity (Wildman–Crippen MR) is 86.3 cm³/mol. The Morgan fingerprint density at radius 2 is 2.00 bits per heavy atom. The van der Waals surface area contributed by atoms with Crippen LogP contribution in [0.25, 0.3) is 0 Å². The standard InChI is InChI=1S/C16H21ClN2O3/c1-11-5-6-12(17)9-13(11)18-15(20)10-14(16(21)22)19-7-3-2-4-8-19/h5-6,9,14H,2-4,7-8,10H2,1H3,(H,18,20)(H,21,22). The van der Waals surface area contributed by atoms with Gasteiger partial charge in [0.05, 0.1) is 6.42 Å². The van der Waals surface area contributed by atoms with Gasteiger partial charge in [-0.05, 0) is 50.6 Å². The van der Waals surface area contributed by atoms with Crippen LogP contribution in [0.3, 0.4) is 0 Å². The first-order valence-electron chi connectivity index (χ1n) is 7.50. The van der Waals surface area contributed by atoms with Gasteiger partial charge in [-0.15, -0.1) is 0 Å². The van der Waals surface area contributed by atoms with Gasteiger partial charge in [-0.2, -0.15) is 0 Å². The summed E-state index contributed by atoms with van der Waals surface area (Å²) in [5.41, 5.74) is 1.52. The van der Waals surface area contributed by atoms with E-state index in [1.165, 1.54) is 0 Å². The summed E-state index contributed by atoms with van der Waals surface area (Å²) >= 11 is 5.92. The van der Waals surface area contributed by atoms with Crippen LogP contribution in [0.2, 0.25) is 5.02 Å². The van der Waals surface area contributed by atoms with Crippen LogP contribution in [-0.4, -0.2) is 41.0 Å². The van der Waals surface area contributed by atoms with E-state index < -0.39 is 12.0 Å². The molecule has 1 unspecified atom stereocenters. The summed E-state index contributed by atoms with van der Waals surface area (Å²) in [4.78, 5) is 25.5. The largest absolute Gasteiger partial charge is 0.480 e. The minimum atomic E-state index is -0.945. The Balaban J connectivity index is 2.01. The Kier molecular flexibility index (Phi) is 5.80. The van der Waals surface area contributed by atoms with Crippen LogP contribution < -0.4 is 5.32 Å². The van der Waals surface area contributed by atoms with Crippen LogP contribution >= 0.6 is 11.6 Å². The molecule has 1 aliphatic heterocycles. The third kappa shape index (κ3) is 4.45. The number of carbonyl (C=O) groups excluding carboxylic acids is 1. The molecule has 1 heterocycles. The van der Waals surface area contributed by atoms with E-state index in [1.54, 1.807) is 12.1 Å². The maximum atomic E-state index is 12.2. The second-order valence-corrected chi connectivity index (χ2v) is 6.10. The van der Waals surface area contributed by atoms with E-state index in [4.69, 9.17) is 11.6 Å². The highest BCUT2D eigenvalue weighted by atomic mass is 35.5. The molecule has 2 N–H and O–H groups in total. The highest BCUT2D eigenvalue weighted by Gasteiger charge is 2.29. The zero-order valence-electron chi connectivity index (χ0n) is 12.6. The summed E-state index contributed by atoms with van der Waals surface area (Å²) < 4.78 is 0. The number of aryl methyl sites for hydroxylation is 1. The van der Waals surface area contributed by atoms with Crippen molar-refractivity contribution in [2.24, 2.45) is 0 Å². The maximum absolute atomic E-state index is 12.2. The zero-order chi connectivity index (χ0) is 16.1. The number of anilines is 1. The molecule has 2 rings (SSSR count). The molecule has 1 aliphatic rings. The second-order valence-electron chi connectivity index (χ2n) is 5.66. The lowest BCUT2D eigenvalue weighted by Gasteiger charge is -2.31. The van der Waals surface area contributed by atoms with Crippen LogP contribution in [0.5, 0.6) is 0 Å². The number of carboxylic acids is 1. The first kappa shape index (κ1) is 16.8. The number of carbonyl (C=O) groups is 2. The minimum Gasteiger partial charge on any atom is -0.480 e. The normalized spacial score (nSPS) is 17.0. The number of nitrogens with one attached hydrogen (secondary N) is 1. The first-order valence-corrected chi connectivity index (χ1v) is 7.88. The lowest BCUT2D eigenvalue weighted by molar-refractivity contribution is -0.145. The number of amides is 1. The lowest BCUT2D eigenvalue weighted by Crippen LogP contribution is -2.45. The van der Waals surface area contributed by atoms with Gasteiger partial charge in [-0.1, -0.05) is 24.1 Å². The SMILES string of the molecule is Cc1ccc(Cl)cc1NC(=O)CC(C(=O)O)N1CCCCC1. The van der Waals surface area contributed by atoms with E-state index >= 15 is 0 Å². The number of benzene rings is 1. The summed E-state index contributed by atoms with van der Waals surface area (Å²) in [6.45, 7) is 3.34. The van der Waals surface area contributed by atoms with Crippen LogP contribution in [0.4, 0.5) is 5.69 Å². The highest BCUT2D eigenvalue weighted by Crippen LogP contribution is 2.21. The van der Waals surface area contributed by atoms with E-state index in [9.17, 15) is 14.7 Å². The van der Waals surface area contributed by atoms with E-state index in [0.717, 1.165) is 37.9 Å². The fourth-order valence-electron chi connectivity index (χ4n) is 2.71. The van der Waals surface area contributed by atoms with E-state index in [0.29, 0.717) is 10.7 Å². The third-order valence-electron chi connectivity index (χ3n) is 3.97. The van der Waals surface area contributed by atoms with Crippen LogP contribution in [0.15, 0.2) is 18.2 Å². The van der Waals surface area contributed by atoms with Crippen molar-refractivity contribution in [2.45, 2.75) is 38.6 Å².